The van der Waals surface area contributed by atoms with Crippen molar-refractivity contribution < 1.29 is 80.2 Å². The van der Waals surface area contributed by atoms with E-state index in [0.717, 1.165) is 102 Å². The minimum Gasteiger partial charge on any atom is -0.462 e. The standard InChI is InChI=1S/C85H166O17P2/c1-7-9-11-13-15-17-19-20-21-24-28-31-38-44-50-56-62-68-83(88)96-74-81(101-84(89)69-63-57-51-45-39-32-29-26-23-22-25-27-30-36-41-47-53-59-65-77(3)4)76-100-104(93,94)98-72-79(86)71-97-103(91,92)99-75-80(73-95-82(87)67-61-55-49-43-35-18-16-14-12-10-8-2)102-85(90)70-64-58-52-46-40-34-33-37-42-48-54-60-66-78(5)6/h77-81,86H,7-76H2,1-6H3,(H,91,92)(H,93,94)/t79-,80+,81+/m0/s1. The van der Waals surface area contributed by atoms with E-state index < -0.39 is 97.5 Å². The molecule has 19 heteroatoms. The Kier molecular flexibility index (Phi) is 75.0. The molecule has 0 aromatic heterocycles. The normalized spacial score (nSPS) is 13.8. The number of phosphoric acid groups is 2. The zero-order valence-corrected chi connectivity index (χ0v) is 70.1. The molecule has 104 heavy (non-hydrogen) atoms. The first-order valence-electron chi connectivity index (χ1n) is 44.0. The van der Waals surface area contributed by atoms with Gasteiger partial charge in [-0.25, -0.2) is 9.13 Å². The molecule has 0 aliphatic rings. The molecular formula is C85H166O17P2. The highest BCUT2D eigenvalue weighted by Gasteiger charge is 2.30. The summed E-state index contributed by atoms with van der Waals surface area (Å²) in [7, 11) is -9.93. The average molecular weight is 1520 g/mol. The van der Waals surface area contributed by atoms with Crippen molar-refractivity contribution in [2.24, 2.45) is 11.8 Å². The minimum absolute atomic E-state index is 0.107. The molecule has 17 nitrogen and oxygen atoms in total. The molecule has 0 amide bonds. The largest absolute Gasteiger partial charge is 0.472 e. The highest BCUT2D eigenvalue weighted by Crippen LogP contribution is 2.45. The van der Waals surface area contributed by atoms with Crippen molar-refractivity contribution in [2.75, 3.05) is 39.6 Å². The molecule has 0 aromatic carbocycles. The van der Waals surface area contributed by atoms with Crippen LogP contribution >= 0.6 is 15.6 Å². The molecule has 0 heterocycles. The Balaban J connectivity index is 5.24. The quantitative estimate of drug-likeness (QED) is 0.0222. The number of aliphatic hydroxyl groups excluding tert-OH is 1. The highest BCUT2D eigenvalue weighted by molar-refractivity contribution is 7.47. The minimum atomic E-state index is -4.96. The van der Waals surface area contributed by atoms with Gasteiger partial charge in [-0.2, -0.15) is 0 Å². The second-order valence-electron chi connectivity index (χ2n) is 31.5. The van der Waals surface area contributed by atoms with E-state index in [9.17, 15) is 43.2 Å². The third kappa shape index (κ3) is 78.2. The van der Waals surface area contributed by atoms with Crippen molar-refractivity contribution in [2.45, 2.75) is 471 Å². The summed E-state index contributed by atoms with van der Waals surface area (Å²) < 4.78 is 68.9. The molecule has 0 radical (unpaired) electrons. The number of hydrogen-bond acceptors (Lipinski definition) is 15. The van der Waals surface area contributed by atoms with Crippen molar-refractivity contribution in [3.8, 4) is 0 Å². The van der Waals surface area contributed by atoms with Crippen LogP contribution in [0.4, 0.5) is 0 Å². The van der Waals surface area contributed by atoms with E-state index in [-0.39, 0.29) is 25.7 Å². The maximum absolute atomic E-state index is 13.1. The summed E-state index contributed by atoms with van der Waals surface area (Å²) in [6.45, 7) is 9.71. The van der Waals surface area contributed by atoms with E-state index >= 15 is 0 Å². The lowest BCUT2D eigenvalue weighted by Crippen LogP contribution is -2.30. The van der Waals surface area contributed by atoms with Crippen LogP contribution in [0.1, 0.15) is 452 Å². The van der Waals surface area contributed by atoms with Crippen LogP contribution in [0.3, 0.4) is 0 Å². The zero-order chi connectivity index (χ0) is 76.4. The molecule has 618 valence electrons. The lowest BCUT2D eigenvalue weighted by atomic mass is 10.0. The molecular weight excluding hydrogens is 1350 g/mol. The first kappa shape index (κ1) is 102. The van der Waals surface area contributed by atoms with Gasteiger partial charge in [0.25, 0.3) is 0 Å². The Morgan fingerprint density at radius 3 is 0.654 bits per heavy atom. The predicted octanol–water partition coefficient (Wildman–Crippen LogP) is 25.8. The van der Waals surface area contributed by atoms with Crippen LogP contribution in [0.15, 0.2) is 0 Å². The van der Waals surface area contributed by atoms with Gasteiger partial charge in [-0.1, -0.05) is 401 Å². The van der Waals surface area contributed by atoms with Gasteiger partial charge < -0.3 is 33.8 Å². The van der Waals surface area contributed by atoms with Gasteiger partial charge in [0.05, 0.1) is 26.4 Å². The van der Waals surface area contributed by atoms with Gasteiger partial charge in [0.2, 0.25) is 0 Å². The fraction of sp³-hybridized carbons (Fsp3) is 0.953. The van der Waals surface area contributed by atoms with Gasteiger partial charge in [-0.05, 0) is 37.5 Å². The Hall–Kier alpha value is -1.94. The summed E-state index contributed by atoms with van der Waals surface area (Å²) in [6.07, 6.45) is 68.0. The second-order valence-corrected chi connectivity index (χ2v) is 34.4. The van der Waals surface area contributed by atoms with Crippen LogP contribution in [0, 0.1) is 11.8 Å². The third-order valence-corrected chi connectivity index (χ3v) is 21.9. The molecule has 0 rings (SSSR count). The van der Waals surface area contributed by atoms with Crippen molar-refractivity contribution >= 4 is 39.5 Å². The molecule has 2 unspecified atom stereocenters. The number of hydrogen-bond donors (Lipinski definition) is 3. The number of carbonyl (C=O) groups is 4. The van der Waals surface area contributed by atoms with Crippen LogP contribution in [-0.2, 0) is 65.4 Å². The van der Waals surface area contributed by atoms with Gasteiger partial charge >= 0.3 is 39.5 Å². The molecule has 0 aromatic rings. The van der Waals surface area contributed by atoms with Gasteiger partial charge in [0, 0.05) is 25.7 Å². The number of aliphatic hydroxyl groups is 1. The summed E-state index contributed by atoms with van der Waals surface area (Å²) in [5.74, 6) is -0.505. The number of unbranched alkanes of at least 4 members (excludes halogenated alkanes) is 54. The molecule has 5 atom stereocenters. The number of ether oxygens (including phenoxy) is 4. The Bertz CT molecular complexity index is 1990. The fourth-order valence-corrected chi connectivity index (χ4v) is 14.8. The Morgan fingerprint density at radius 1 is 0.260 bits per heavy atom. The monoisotopic (exact) mass is 1520 g/mol. The summed E-state index contributed by atoms with van der Waals surface area (Å²) in [6, 6.07) is 0. The highest BCUT2D eigenvalue weighted by atomic mass is 31.2. The summed E-state index contributed by atoms with van der Waals surface area (Å²) in [5, 5.41) is 10.7. The fourth-order valence-electron chi connectivity index (χ4n) is 13.2. The molecule has 0 saturated heterocycles. The SMILES string of the molecule is CCCCCCCCCCCCCCCCCCCC(=O)OC[C@H](COP(=O)(O)OC[C@@H](O)COP(=O)(O)OC[C@@H](COC(=O)CCCCCCCCCCCCC)OC(=O)CCCCCCCCCCCCCCC(C)C)OC(=O)CCCCCCCCCCCCCCCCCCCCC(C)C. The van der Waals surface area contributed by atoms with Gasteiger partial charge in [-0.3, -0.25) is 37.3 Å². The van der Waals surface area contributed by atoms with E-state index in [0.29, 0.717) is 25.7 Å². The summed E-state index contributed by atoms with van der Waals surface area (Å²) in [4.78, 5) is 73.2. The first-order valence-corrected chi connectivity index (χ1v) is 47.0. The van der Waals surface area contributed by atoms with Crippen LogP contribution < -0.4 is 0 Å². The van der Waals surface area contributed by atoms with Crippen molar-refractivity contribution in [1.29, 1.82) is 0 Å². The first-order chi connectivity index (χ1) is 50.4. The molecule has 0 fully saturated rings. The maximum Gasteiger partial charge on any atom is 0.472 e. The Labute approximate surface area is 638 Å². The summed E-state index contributed by atoms with van der Waals surface area (Å²) in [5.41, 5.74) is 0. The molecule has 0 bridgehead atoms. The number of esters is 4. The number of phosphoric ester groups is 2. The molecule has 0 aliphatic heterocycles. The van der Waals surface area contributed by atoms with Gasteiger partial charge in [-0.15, -0.1) is 0 Å². The molecule has 3 N–H and O–H groups in total. The van der Waals surface area contributed by atoms with Crippen molar-refractivity contribution in [3.05, 3.63) is 0 Å². The lowest BCUT2D eigenvalue weighted by molar-refractivity contribution is -0.161. The van der Waals surface area contributed by atoms with E-state index in [1.54, 1.807) is 0 Å². The third-order valence-electron chi connectivity index (χ3n) is 20.0. The van der Waals surface area contributed by atoms with Crippen molar-refractivity contribution in [1.82, 2.24) is 0 Å². The van der Waals surface area contributed by atoms with E-state index in [1.807, 2.05) is 0 Å². The average Bonchev–Trinajstić information content (AvgIpc) is 0.904. The van der Waals surface area contributed by atoms with Gasteiger partial charge in [0.15, 0.2) is 12.2 Å². The molecule has 0 spiro atoms. The van der Waals surface area contributed by atoms with Crippen LogP contribution in [-0.4, -0.2) is 96.7 Å². The van der Waals surface area contributed by atoms with Crippen LogP contribution in [0.2, 0.25) is 0 Å². The molecule has 0 aliphatic carbocycles. The van der Waals surface area contributed by atoms with Crippen molar-refractivity contribution in [3.63, 3.8) is 0 Å². The predicted molar refractivity (Wildman–Crippen MR) is 428 cm³/mol. The van der Waals surface area contributed by atoms with E-state index in [2.05, 4.69) is 41.5 Å². The smallest absolute Gasteiger partial charge is 0.462 e. The van der Waals surface area contributed by atoms with Crippen LogP contribution in [0.5, 0.6) is 0 Å². The topological polar surface area (TPSA) is 237 Å². The van der Waals surface area contributed by atoms with E-state index in [1.165, 1.54) is 270 Å². The lowest BCUT2D eigenvalue weighted by Gasteiger charge is -2.21. The number of rotatable bonds is 84. The Morgan fingerprint density at radius 2 is 0.442 bits per heavy atom. The van der Waals surface area contributed by atoms with E-state index in [4.69, 9.17) is 37.0 Å². The van der Waals surface area contributed by atoms with Gasteiger partial charge in [0.1, 0.15) is 19.3 Å². The summed E-state index contributed by atoms with van der Waals surface area (Å²) >= 11 is 0. The second kappa shape index (κ2) is 76.4. The van der Waals surface area contributed by atoms with Crippen LogP contribution in [0.25, 0.3) is 0 Å². The number of carbonyl (C=O) groups excluding carboxylic acids is 4. The maximum atomic E-state index is 13.1. The zero-order valence-electron chi connectivity index (χ0n) is 68.3. The molecule has 0 saturated carbocycles.